The summed E-state index contributed by atoms with van der Waals surface area (Å²) in [6, 6.07) is 2.34. The summed E-state index contributed by atoms with van der Waals surface area (Å²) in [6.07, 6.45) is 3.34. The van der Waals surface area contributed by atoms with E-state index in [2.05, 4.69) is 26.0 Å². The van der Waals surface area contributed by atoms with Gasteiger partial charge in [0, 0.05) is 17.5 Å². The van der Waals surface area contributed by atoms with E-state index in [1.807, 2.05) is 6.92 Å². The van der Waals surface area contributed by atoms with Crippen molar-refractivity contribution < 1.29 is 8.42 Å². The number of halogens is 1. The Balaban J connectivity index is 1.81. The van der Waals surface area contributed by atoms with E-state index < -0.39 is 10.0 Å². The van der Waals surface area contributed by atoms with Gasteiger partial charge in [0.25, 0.3) is 0 Å². The second-order valence-corrected chi connectivity index (χ2v) is 8.82. The van der Waals surface area contributed by atoms with Gasteiger partial charge in [0.1, 0.15) is 0 Å². The summed E-state index contributed by atoms with van der Waals surface area (Å²) in [4.78, 5) is 1.19. The molecule has 4 nitrogen and oxygen atoms in total. The van der Waals surface area contributed by atoms with Crippen LogP contribution in [0.5, 0.6) is 0 Å². The van der Waals surface area contributed by atoms with Crippen molar-refractivity contribution >= 4 is 37.3 Å². The maximum Gasteiger partial charge on any atom is 0.241 e. The molecule has 1 aromatic heterocycles. The van der Waals surface area contributed by atoms with Gasteiger partial charge in [-0.1, -0.05) is 0 Å². The van der Waals surface area contributed by atoms with E-state index >= 15 is 0 Å². The van der Waals surface area contributed by atoms with Gasteiger partial charge in [-0.15, -0.1) is 11.3 Å². The highest BCUT2D eigenvalue weighted by Gasteiger charge is 2.20. The minimum absolute atomic E-state index is 0.384. The zero-order valence-electron chi connectivity index (χ0n) is 10.2. The van der Waals surface area contributed by atoms with Gasteiger partial charge in [-0.25, -0.2) is 13.1 Å². The molecule has 1 aliphatic rings. The molecule has 2 N–H and O–H groups in total. The van der Waals surface area contributed by atoms with Crippen molar-refractivity contribution in [1.29, 1.82) is 0 Å². The molecule has 1 saturated carbocycles. The number of hydrogen-bond donors (Lipinski definition) is 2. The van der Waals surface area contributed by atoms with E-state index in [9.17, 15) is 8.42 Å². The maximum absolute atomic E-state index is 12.0. The van der Waals surface area contributed by atoms with Crippen molar-refractivity contribution in [2.24, 2.45) is 0 Å². The van der Waals surface area contributed by atoms with Gasteiger partial charge in [0.2, 0.25) is 10.0 Å². The highest BCUT2D eigenvalue weighted by atomic mass is 79.9. The van der Waals surface area contributed by atoms with Crippen LogP contribution in [-0.2, 0) is 10.0 Å². The number of thiophene rings is 1. The van der Waals surface area contributed by atoms with Crippen molar-refractivity contribution in [3.63, 3.8) is 0 Å². The second kappa shape index (κ2) is 6.00. The maximum atomic E-state index is 12.0. The lowest BCUT2D eigenvalue weighted by Crippen LogP contribution is -2.28. The fraction of sp³-hybridized carbons (Fsp3) is 0.636. The van der Waals surface area contributed by atoms with Gasteiger partial charge in [0.15, 0.2) is 0 Å². The van der Waals surface area contributed by atoms with E-state index in [1.165, 1.54) is 24.2 Å². The Kier molecular flexibility index (Phi) is 4.82. The minimum Gasteiger partial charge on any atom is -0.314 e. The number of nitrogens with one attached hydrogen (secondary N) is 2. The van der Waals surface area contributed by atoms with Gasteiger partial charge in [-0.05, 0) is 54.7 Å². The summed E-state index contributed by atoms with van der Waals surface area (Å²) < 4.78 is 27.5. The molecule has 18 heavy (non-hydrogen) atoms. The van der Waals surface area contributed by atoms with E-state index in [1.54, 1.807) is 6.07 Å². The van der Waals surface area contributed by atoms with Crippen LogP contribution >= 0.6 is 27.3 Å². The SMILES string of the molecule is Cc1sc(Br)cc1S(=O)(=O)NCCCNC1CC1. The first-order valence-electron chi connectivity index (χ1n) is 5.98. The Morgan fingerprint density at radius 2 is 2.17 bits per heavy atom. The Morgan fingerprint density at radius 1 is 1.44 bits per heavy atom. The molecule has 1 heterocycles. The van der Waals surface area contributed by atoms with Crippen LogP contribution in [0.3, 0.4) is 0 Å². The molecular formula is C11H17BrN2O2S2. The third-order valence-corrected chi connectivity index (χ3v) is 6.06. The topological polar surface area (TPSA) is 58.2 Å². The second-order valence-electron chi connectivity index (χ2n) is 4.45. The van der Waals surface area contributed by atoms with Crippen LogP contribution in [0.15, 0.2) is 14.7 Å². The van der Waals surface area contributed by atoms with Gasteiger partial charge in [0.05, 0.1) is 8.68 Å². The summed E-state index contributed by atoms with van der Waals surface area (Å²) in [5.41, 5.74) is 0. The highest BCUT2D eigenvalue weighted by molar-refractivity contribution is 9.11. The van der Waals surface area contributed by atoms with Crippen LogP contribution < -0.4 is 10.0 Å². The summed E-state index contributed by atoms with van der Waals surface area (Å²) >= 11 is 4.74. The van der Waals surface area contributed by atoms with Crippen LogP contribution in [0.1, 0.15) is 24.1 Å². The molecule has 0 aromatic carbocycles. The molecule has 0 amide bonds. The molecule has 0 spiro atoms. The van der Waals surface area contributed by atoms with Gasteiger partial charge < -0.3 is 5.32 Å². The summed E-state index contributed by atoms with van der Waals surface area (Å²) in [5, 5.41) is 3.36. The monoisotopic (exact) mass is 352 g/mol. The van der Waals surface area contributed by atoms with Gasteiger partial charge in [-0.3, -0.25) is 0 Å². The van der Waals surface area contributed by atoms with E-state index in [0.29, 0.717) is 17.5 Å². The van der Waals surface area contributed by atoms with Crippen LogP contribution in [0.2, 0.25) is 0 Å². The van der Waals surface area contributed by atoms with Crippen molar-refractivity contribution in [2.75, 3.05) is 13.1 Å². The van der Waals surface area contributed by atoms with Crippen molar-refractivity contribution in [1.82, 2.24) is 10.0 Å². The molecule has 1 fully saturated rings. The van der Waals surface area contributed by atoms with Gasteiger partial charge >= 0.3 is 0 Å². The zero-order valence-corrected chi connectivity index (χ0v) is 13.4. The Morgan fingerprint density at radius 3 is 2.72 bits per heavy atom. The number of sulfonamides is 1. The van der Waals surface area contributed by atoms with Crippen molar-refractivity contribution in [3.05, 3.63) is 14.7 Å². The molecule has 7 heteroatoms. The lowest BCUT2D eigenvalue weighted by atomic mass is 10.4. The largest absolute Gasteiger partial charge is 0.314 e. The molecule has 0 aliphatic heterocycles. The third kappa shape index (κ3) is 4.03. The summed E-state index contributed by atoms with van der Waals surface area (Å²) in [6.45, 7) is 3.17. The molecule has 0 unspecified atom stereocenters. The Bertz CT molecular complexity index is 509. The molecule has 0 saturated heterocycles. The van der Waals surface area contributed by atoms with Crippen LogP contribution in [0.25, 0.3) is 0 Å². The van der Waals surface area contributed by atoms with E-state index in [0.717, 1.165) is 21.6 Å². The van der Waals surface area contributed by atoms with Crippen LogP contribution in [0.4, 0.5) is 0 Å². The standard InChI is InChI=1S/C11H17BrN2O2S2/c1-8-10(7-11(12)17-8)18(15,16)14-6-2-5-13-9-3-4-9/h7,9,13-14H,2-6H2,1H3. The number of hydrogen-bond acceptors (Lipinski definition) is 4. The van der Waals surface area contributed by atoms with Crippen LogP contribution in [0, 0.1) is 6.92 Å². The average Bonchev–Trinajstić information content (AvgIpc) is 3.03. The number of aryl methyl sites for hydroxylation is 1. The molecular weight excluding hydrogens is 336 g/mol. The molecule has 1 aromatic rings. The summed E-state index contributed by atoms with van der Waals surface area (Å²) in [7, 11) is -3.35. The van der Waals surface area contributed by atoms with Crippen molar-refractivity contribution in [2.45, 2.75) is 37.1 Å². The third-order valence-electron chi connectivity index (χ3n) is 2.79. The lowest BCUT2D eigenvalue weighted by Gasteiger charge is -2.06. The number of rotatable bonds is 7. The average molecular weight is 353 g/mol. The molecule has 1 aliphatic carbocycles. The predicted molar refractivity (Wildman–Crippen MR) is 77.6 cm³/mol. The van der Waals surface area contributed by atoms with Crippen molar-refractivity contribution in [3.8, 4) is 0 Å². The Hall–Kier alpha value is 0.0500. The first kappa shape index (κ1) is 14.5. The van der Waals surface area contributed by atoms with Crippen LogP contribution in [-0.4, -0.2) is 27.5 Å². The highest BCUT2D eigenvalue weighted by Crippen LogP contribution is 2.29. The first-order chi connectivity index (χ1) is 8.49. The lowest BCUT2D eigenvalue weighted by molar-refractivity contribution is 0.573. The normalized spacial score (nSPS) is 16.1. The molecule has 0 bridgehead atoms. The van der Waals surface area contributed by atoms with Gasteiger partial charge in [-0.2, -0.15) is 0 Å². The molecule has 2 rings (SSSR count). The smallest absolute Gasteiger partial charge is 0.241 e. The fourth-order valence-electron chi connectivity index (χ4n) is 1.66. The predicted octanol–water partition coefficient (Wildman–Crippen LogP) is 2.24. The molecule has 0 atom stereocenters. The van der Waals surface area contributed by atoms with E-state index in [4.69, 9.17) is 0 Å². The quantitative estimate of drug-likeness (QED) is 0.739. The summed E-state index contributed by atoms with van der Waals surface area (Å²) in [5.74, 6) is 0. The minimum atomic E-state index is -3.35. The van der Waals surface area contributed by atoms with E-state index in [-0.39, 0.29) is 0 Å². The molecule has 102 valence electrons. The first-order valence-corrected chi connectivity index (χ1v) is 9.07. The fourth-order valence-corrected chi connectivity index (χ4v) is 5.15. The molecule has 0 radical (unpaired) electrons. The zero-order chi connectivity index (χ0) is 13.2. The Labute approximate surface area is 120 Å².